The first-order valence-corrected chi connectivity index (χ1v) is 4.01. The third kappa shape index (κ3) is 1.10. The van der Waals surface area contributed by atoms with E-state index in [0.717, 1.165) is 0 Å². The first-order chi connectivity index (χ1) is 6.59. The van der Waals surface area contributed by atoms with Gasteiger partial charge in [-0.1, -0.05) is 0 Å². The highest BCUT2D eigenvalue weighted by Crippen LogP contribution is 2.14. The molecule has 1 aromatic carbocycles. The first kappa shape index (κ1) is 8.55. The van der Waals surface area contributed by atoms with E-state index in [9.17, 15) is 10.0 Å². The van der Waals surface area contributed by atoms with Gasteiger partial charge in [0.15, 0.2) is 0 Å². The largest absolute Gasteiger partial charge is 0.508 e. The van der Waals surface area contributed by atoms with Crippen molar-refractivity contribution in [2.45, 2.75) is 6.92 Å². The summed E-state index contributed by atoms with van der Waals surface area (Å²) in [4.78, 5) is 15.4. The normalized spacial score (nSPS) is 10.6. The van der Waals surface area contributed by atoms with Crippen LogP contribution in [0.5, 0.6) is 5.75 Å². The first-order valence-electron chi connectivity index (χ1n) is 4.01. The minimum absolute atomic E-state index is 0.0275. The van der Waals surface area contributed by atoms with E-state index in [1.54, 1.807) is 0 Å². The van der Waals surface area contributed by atoms with Crippen molar-refractivity contribution in [3.05, 3.63) is 34.4 Å². The molecule has 2 rings (SSSR count). The number of aryl methyl sites for hydroxylation is 1. The van der Waals surface area contributed by atoms with Crippen LogP contribution < -0.4 is 5.56 Å². The maximum atomic E-state index is 11.5. The van der Waals surface area contributed by atoms with Gasteiger partial charge < -0.3 is 10.3 Å². The number of hydrogen-bond donors (Lipinski definition) is 2. The van der Waals surface area contributed by atoms with Crippen LogP contribution in [-0.2, 0) is 0 Å². The monoisotopic (exact) mass is 192 g/mol. The second-order valence-corrected chi connectivity index (χ2v) is 2.98. The molecule has 0 spiro atoms. The molecule has 0 amide bonds. The van der Waals surface area contributed by atoms with Gasteiger partial charge in [0.05, 0.1) is 10.9 Å². The number of rotatable bonds is 0. The van der Waals surface area contributed by atoms with Crippen LogP contribution in [0.4, 0.5) is 0 Å². The fourth-order valence-corrected chi connectivity index (χ4v) is 1.28. The molecule has 0 fully saturated rings. The molecule has 1 heterocycles. The summed E-state index contributed by atoms with van der Waals surface area (Å²) < 4.78 is 0.460. The smallest absolute Gasteiger partial charge is 0.294 e. The lowest BCUT2D eigenvalue weighted by atomic mass is 10.2. The summed E-state index contributed by atoms with van der Waals surface area (Å²) >= 11 is 0. The summed E-state index contributed by atoms with van der Waals surface area (Å²) in [6.45, 7) is 1.52. The maximum Gasteiger partial charge on any atom is 0.294 e. The molecule has 5 heteroatoms. The van der Waals surface area contributed by atoms with E-state index < -0.39 is 5.56 Å². The topological polar surface area (TPSA) is 75.4 Å². The molecule has 14 heavy (non-hydrogen) atoms. The molecule has 0 aliphatic heterocycles. The zero-order valence-electron chi connectivity index (χ0n) is 7.43. The van der Waals surface area contributed by atoms with E-state index >= 15 is 0 Å². The lowest BCUT2D eigenvalue weighted by molar-refractivity contribution is 0.166. The highest BCUT2D eigenvalue weighted by Gasteiger charge is 2.06. The van der Waals surface area contributed by atoms with E-state index in [1.807, 2.05) is 0 Å². The van der Waals surface area contributed by atoms with Crippen molar-refractivity contribution >= 4 is 10.9 Å². The molecule has 0 saturated heterocycles. The van der Waals surface area contributed by atoms with Gasteiger partial charge in [0.2, 0.25) is 0 Å². The molecular weight excluding hydrogens is 184 g/mol. The number of aromatic nitrogens is 2. The van der Waals surface area contributed by atoms with Gasteiger partial charge in [0.25, 0.3) is 5.56 Å². The predicted octanol–water partition coefficient (Wildman–Crippen LogP) is 0.648. The summed E-state index contributed by atoms with van der Waals surface area (Å²) in [5.41, 5.74) is -0.126. The van der Waals surface area contributed by atoms with E-state index in [2.05, 4.69) is 4.98 Å². The van der Waals surface area contributed by atoms with Crippen LogP contribution in [0.2, 0.25) is 0 Å². The standard InChI is InChI=1S/C9H8N2O3/c1-5-10-8-3-2-6(12)4-7(8)9(13)11(5)14/h2-4,12,14H,1H3. The van der Waals surface area contributed by atoms with Gasteiger partial charge in [-0.15, -0.1) is 4.73 Å². The summed E-state index contributed by atoms with van der Waals surface area (Å²) in [6.07, 6.45) is 0. The van der Waals surface area contributed by atoms with Crippen molar-refractivity contribution < 1.29 is 10.3 Å². The molecule has 0 unspecified atom stereocenters. The summed E-state index contributed by atoms with van der Waals surface area (Å²) in [6, 6.07) is 4.24. The summed E-state index contributed by atoms with van der Waals surface area (Å²) in [7, 11) is 0. The second kappa shape index (κ2) is 2.73. The number of aromatic hydroxyl groups is 1. The number of hydrogen-bond acceptors (Lipinski definition) is 4. The minimum atomic E-state index is -0.580. The number of fused-ring (bicyclic) bond motifs is 1. The average Bonchev–Trinajstić information content (AvgIpc) is 2.16. The third-order valence-electron chi connectivity index (χ3n) is 1.99. The van der Waals surface area contributed by atoms with Crippen molar-refractivity contribution in [2.24, 2.45) is 0 Å². The Morgan fingerprint density at radius 2 is 2.14 bits per heavy atom. The molecule has 0 aliphatic carbocycles. The average molecular weight is 192 g/mol. The molecule has 2 N–H and O–H groups in total. The molecule has 1 aromatic heterocycles. The van der Waals surface area contributed by atoms with Crippen molar-refractivity contribution in [3.63, 3.8) is 0 Å². The van der Waals surface area contributed by atoms with Crippen molar-refractivity contribution in [1.29, 1.82) is 0 Å². The van der Waals surface area contributed by atoms with E-state index in [-0.39, 0.29) is 17.0 Å². The molecular formula is C9H8N2O3. The number of nitrogens with zero attached hydrogens (tertiary/aromatic N) is 2. The molecule has 0 saturated carbocycles. The van der Waals surface area contributed by atoms with Crippen molar-refractivity contribution in [2.75, 3.05) is 0 Å². The van der Waals surface area contributed by atoms with Crippen LogP contribution in [0.15, 0.2) is 23.0 Å². The number of phenols is 1. The van der Waals surface area contributed by atoms with Gasteiger partial charge in [-0.3, -0.25) is 4.79 Å². The lowest BCUT2D eigenvalue weighted by Gasteiger charge is -2.03. The van der Waals surface area contributed by atoms with Crippen LogP contribution in [0.25, 0.3) is 10.9 Å². The van der Waals surface area contributed by atoms with Crippen LogP contribution in [0, 0.1) is 6.92 Å². The van der Waals surface area contributed by atoms with Gasteiger partial charge in [0, 0.05) is 0 Å². The zero-order chi connectivity index (χ0) is 10.3. The molecule has 0 bridgehead atoms. The fourth-order valence-electron chi connectivity index (χ4n) is 1.28. The summed E-state index contributed by atoms with van der Waals surface area (Å²) in [5.74, 6) is 0.188. The minimum Gasteiger partial charge on any atom is -0.508 e. The van der Waals surface area contributed by atoms with Gasteiger partial charge in [-0.2, -0.15) is 0 Å². The van der Waals surface area contributed by atoms with Crippen molar-refractivity contribution in [3.8, 4) is 5.75 Å². The van der Waals surface area contributed by atoms with E-state index in [0.29, 0.717) is 10.2 Å². The highest BCUT2D eigenvalue weighted by atomic mass is 16.5. The van der Waals surface area contributed by atoms with Gasteiger partial charge in [-0.05, 0) is 25.1 Å². The number of benzene rings is 1. The Kier molecular flexibility index (Phi) is 1.67. The van der Waals surface area contributed by atoms with Gasteiger partial charge in [-0.25, -0.2) is 4.98 Å². The molecule has 72 valence electrons. The van der Waals surface area contributed by atoms with Crippen LogP contribution in [0.1, 0.15) is 5.82 Å². The van der Waals surface area contributed by atoms with Crippen LogP contribution >= 0.6 is 0 Å². The van der Waals surface area contributed by atoms with Gasteiger partial charge >= 0.3 is 0 Å². The Morgan fingerprint density at radius 3 is 2.86 bits per heavy atom. The fraction of sp³-hybridized carbons (Fsp3) is 0.111. The van der Waals surface area contributed by atoms with E-state index in [4.69, 9.17) is 5.11 Å². The molecule has 2 aromatic rings. The summed E-state index contributed by atoms with van der Waals surface area (Å²) in [5, 5.41) is 18.6. The molecule has 0 aliphatic rings. The molecule has 0 radical (unpaired) electrons. The predicted molar refractivity (Wildman–Crippen MR) is 49.6 cm³/mol. The Bertz CT molecular complexity index is 560. The Balaban J connectivity index is 2.99. The Hall–Kier alpha value is -2.04. The Labute approximate surface area is 78.8 Å². The number of phenolic OH excluding ortho intramolecular Hbond substituents is 1. The maximum absolute atomic E-state index is 11.5. The third-order valence-corrected chi connectivity index (χ3v) is 1.99. The van der Waals surface area contributed by atoms with Crippen LogP contribution in [-0.4, -0.2) is 20.0 Å². The van der Waals surface area contributed by atoms with E-state index in [1.165, 1.54) is 25.1 Å². The molecule has 0 atom stereocenters. The SMILES string of the molecule is Cc1nc2ccc(O)cc2c(=O)n1O. The zero-order valence-corrected chi connectivity index (χ0v) is 7.43. The van der Waals surface area contributed by atoms with Gasteiger partial charge in [0.1, 0.15) is 11.6 Å². The Morgan fingerprint density at radius 1 is 1.43 bits per heavy atom. The van der Waals surface area contributed by atoms with Crippen LogP contribution in [0.3, 0.4) is 0 Å². The second-order valence-electron chi connectivity index (χ2n) is 2.98. The quantitative estimate of drug-likeness (QED) is 0.601. The van der Waals surface area contributed by atoms with Crippen molar-refractivity contribution in [1.82, 2.24) is 9.71 Å². The molecule has 5 nitrogen and oxygen atoms in total. The lowest BCUT2D eigenvalue weighted by Crippen LogP contribution is -2.21. The highest BCUT2D eigenvalue weighted by molar-refractivity contribution is 5.78.